The summed E-state index contributed by atoms with van der Waals surface area (Å²) in [6, 6.07) is 22.1. The number of anilines is 3. The van der Waals surface area contributed by atoms with Crippen LogP contribution in [0.3, 0.4) is 0 Å². The maximum Gasteiger partial charge on any atom is 0.141 e. The van der Waals surface area contributed by atoms with E-state index in [1.54, 1.807) is 28.9 Å². The maximum atomic E-state index is 4.90. The number of benzene rings is 1. The van der Waals surface area contributed by atoms with Crippen molar-refractivity contribution in [2.45, 2.75) is 0 Å². The minimum absolute atomic E-state index is 0.790. The first kappa shape index (κ1) is 17.7. The van der Waals surface area contributed by atoms with E-state index in [4.69, 9.17) is 9.97 Å². The summed E-state index contributed by atoms with van der Waals surface area (Å²) < 4.78 is 0. The Labute approximate surface area is 176 Å². The van der Waals surface area contributed by atoms with Crippen LogP contribution in [0.5, 0.6) is 0 Å². The van der Waals surface area contributed by atoms with Gasteiger partial charge in [-0.05, 0) is 36.4 Å². The van der Waals surface area contributed by atoms with Gasteiger partial charge in [0.05, 0.1) is 16.1 Å². The lowest BCUT2D eigenvalue weighted by Crippen LogP contribution is -2.13. The van der Waals surface area contributed by atoms with Crippen molar-refractivity contribution in [2.75, 3.05) is 4.90 Å². The zero-order chi connectivity index (χ0) is 19.5. The Balaban J connectivity index is 1.64. The second kappa shape index (κ2) is 7.90. The molecule has 0 bridgehead atoms. The summed E-state index contributed by atoms with van der Waals surface area (Å²) in [4.78, 5) is 21.5. The molecule has 5 rings (SSSR count). The second-order valence-electron chi connectivity index (χ2n) is 6.14. The number of nitrogens with zero attached hydrogens (tertiary/aromatic N) is 5. The van der Waals surface area contributed by atoms with Gasteiger partial charge in [-0.1, -0.05) is 30.3 Å². The Kier molecular flexibility index (Phi) is 4.81. The summed E-state index contributed by atoms with van der Waals surface area (Å²) in [6.07, 6.45) is 3.63. The zero-order valence-electron chi connectivity index (χ0n) is 15.2. The van der Waals surface area contributed by atoms with Crippen molar-refractivity contribution in [3.63, 3.8) is 0 Å². The number of rotatable bonds is 5. The molecule has 0 aliphatic heterocycles. The number of aromatic nitrogens is 4. The van der Waals surface area contributed by atoms with Crippen LogP contribution in [0.1, 0.15) is 0 Å². The Morgan fingerprint density at radius 2 is 1.48 bits per heavy atom. The van der Waals surface area contributed by atoms with Gasteiger partial charge in [0.25, 0.3) is 0 Å². The SMILES string of the molecule is c1ccc(N(c2cccc(-c3cncs3)n2)c2cccc(-c3nccs3)n2)cc1. The molecule has 0 radical (unpaired) electrons. The summed E-state index contributed by atoms with van der Waals surface area (Å²) in [6.45, 7) is 0. The van der Waals surface area contributed by atoms with Crippen LogP contribution in [-0.2, 0) is 0 Å². The Bertz CT molecular complexity index is 1130. The molecule has 0 saturated heterocycles. The van der Waals surface area contributed by atoms with Gasteiger partial charge < -0.3 is 0 Å². The van der Waals surface area contributed by atoms with Gasteiger partial charge >= 0.3 is 0 Å². The standard InChI is InChI=1S/C22H15N5S2/c1-2-6-16(7-3-1)27(20-10-4-8-17(25-20)19-14-23-15-29-19)21-11-5-9-18(26-21)22-24-12-13-28-22/h1-15H. The molecule has 4 aromatic heterocycles. The van der Waals surface area contributed by atoms with E-state index in [1.165, 1.54) is 0 Å². The molecule has 0 amide bonds. The first-order valence-electron chi connectivity index (χ1n) is 8.96. The average Bonchev–Trinajstić information content (AvgIpc) is 3.50. The van der Waals surface area contributed by atoms with E-state index in [0.717, 1.165) is 38.6 Å². The number of pyridine rings is 2. The molecule has 140 valence electrons. The monoisotopic (exact) mass is 413 g/mol. The van der Waals surface area contributed by atoms with E-state index >= 15 is 0 Å². The van der Waals surface area contributed by atoms with Crippen molar-refractivity contribution in [1.82, 2.24) is 19.9 Å². The van der Waals surface area contributed by atoms with Crippen LogP contribution in [-0.4, -0.2) is 19.9 Å². The van der Waals surface area contributed by atoms with Gasteiger partial charge in [-0.15, -0.1) is 22.7 Å². The van der Waals surface area contributed by atoms with Crippen LogP contribution in [0.15, 0.2) is 90.0 Å². The first-order valence-corrected chi connectivity index (χ1v) is 10.7. The van der Waals surface area contributed by atoms with Crippen LogP contribution in [0.2, 0.25) is 0 Å². The molecule has 0 saturated carbocycles. The Morgan fingerprint density at radius 1 is 0.724 bits per heavy atom. The van der Waals surface area contributed by atoms with Crippen LogP contribution in [0.25, 0.3) is 21.3 Å². The lowest BCUT2D eigenvalue weighted by molar-refractivity contribution is 1.13. The molecule has 5 nitrogen and oxygen atoms in total. The molecule has 0 aliphatic rings. The smallest absolute Gasteiger partial charge is 0.141 e. The zero-order valence-corrected chi connectivity index (χ0v) is 16.8. The van der Waals surface area contributed by atoms with E-state index in [-0.39, 0.29) is 0 Å². The summed E-state index contributed by atoms with van der Waals surface area (Å²) in [5.74, 6) is 1.59. The van der Waals surface area contributed by atoms with Crippen molar-refractivity contribution < 1.29 is 0 Å². The highest BCUT2D eigenvalue weighted by molar-refractivity contribution is 7.13. The molecule has 0 aliphatic carbocycles. The number of hydrogen-bond acceptors (Lipinski definition) is 7. The fourth-order valence-electron chi connectivity index (χ4n) is 3.00. The van der Waals surface area contributed by atoms with E-state index in [0.29, 0.717) is 0 Å². The number of thiazole rings is 2. The van der Waals surface area contributed by atoms with Gasteiger partial charge in [-0.3, -0.25) is 9.88 Å². The largest absolute Gasteiger partial charge is 0.279 e. The van der Waals surface area contributed by atoms with Crippen LogP contribution >= 0.6 is 22.7 Å². The molecule has 7 heteroatoms. The van der Waals surface area contributed by atoms with Crippen LogP contribution in [0, 0.1) is 0 Å². The lowest BCUT2D eigenvalue weighted by atomic mass is 10.2. The van der Waals surface area contributed by atoms with Gasteiger partial charge in [0.1, 0.15) is 22.3 Å². The predicted molar refractivity (Wildman–Crippen MR) is 119 cm³/mol. The van der Waals surface area contributed by atoms with Crippen molar-refractivity contribution in [3.05, 3.63) is 90.0 Å². The number of para-hydroxylation sites is 1. The molecule has 0 unspecified atom stereocenters. The van der Waals surface area contributed by atoms with Gasteiger partial charge in [0, 0.05) is 23.5 Å². The van der Waals surface area contributed by atoms with Crippen LogP contribution < -0.4 is 4.90 Å². The Hall–Kier alpha value is -3.42. The summed E-state index contributed by atoms with van der Waals surface area (Å²) in [7, 11) is 0. The minimum atomic E-state index is 0.790. The highest BCUT2D eigenvalue weighted by Crippen LogP contribution is 2.34. The van der Waals surface area contributed by atoms with Gasteiger partial charge in [0.2, 0.25) is 0 Å². The molecule has 0 atom stereocenters. The third kappa shape index (κ3) is 3.65. The maximum absolute atomic E-state index is 4.90. The molecule has 5 aromatic rings. The quantitative estimate of drug-likeness (QED) is 0.344. The highest BCUT2D eigenvalue weighted by Gasteiger charge is 2.17. The number of hydrogen-bond donors (Lipinski definition) is 0. The predicted octanol–water partition coefficient (Wildman–Crippen LogP) is 6.19. The fourth-order valence-corrected chi connectivity index (χ4v) is 4.20. The first-order chi connectivity index (χ1) is 14.4. The van der Waals surface area contributed by atoms with E-state index in [2.05, 4.69) is 27.0 Å². The molecule has 0 spiro atoms. The van der Waals surface area contributed by atoms with Gasteiger partial charge in [-0.25, -0.2) is 15.0 Å². The lowest BCUT2D eigenvalue weighted by Gasteiger charge is -2.23. The second-order valence-corrected chi connectivity index (χ2v) is 7.92. The Morgan fingerprint density at radius 3 is 2.17 bits per heavy atom. The van der Waals surface area contributed by atoms with Crippen molar-refractivity contribution in [1.29, 1.82) is 0 Å². The van der Waals surface area contributed by atoms with E-state index in [9.17, 15) is 0 Å². The molecule has 29 heavy (non-hydrogen) atoms. The van der Waals surface area contributed by atoms with E-state index < -0.39 is 0 Å². The van der Waals surface area contributed by atoms with Crippen molar-refractivity contribution in [3.8, 4) is 21.3 Å². The van der Waals surface area contributed by atoms with Gasteiger partial charge in [-0.2, -0.15) is 0 Å². The third-order valence-electron chi connectivity index (χ3n) is 4.28. The fraction of sp³-hybridized carbons (Fsp3) is 0. The molecule has 1 aromatic carbocycles. The molecular weight excluding hydrogens is 398 g/mol. The highest BCUT2D eigenvalue weighted by atomic mass is 32.1. The summed E-state index contributed by atoms with van der Waals surface area (Å²) >= 11 is 3.15. The molecule has 0 N–H and O–H groups in total. The average molecular weight is 414 g/mol. The molecule has 0 fully saturated rings. The third-order valence-corrected chi connectivity index (χ3v) is 5.87. The topological polar surface area (TPSA) is 54.8 Å². The van der Waals surface area contributed by atoms with Gasteiger partial charge in [0.15, 0.2) is 0 Å². The van der Waals surface area contributed by atoms with Crippen LogP contribution in [0.4, 0.5) is 17.3 Å². The summed E-state index contributed by atoms with van der Waals surface area (Å²) in [5, 5.41) is 2.85. The molecular formula is C22H15N5S2. The van der Waals surface area contributed by atoms with E-state index in [1.807, 2.05) is 71.7 Å². The normalized spacial score (nSPS) is 10.8. The van der Waals surface area contributed by atoms with Crippen molar-refractivity contribution in [2.24, 2.45) is 0 Å². The summed E-state index contributed by atoms with van der Waals surface area (Å²) in [5.41, 5.74) is 4.54. The van der Waals surface area contributed by atoms with Crippen molar-refractivity contribution >= 4 is 40.0 Å². The molecule has 4 heterocycles. The minimum Gasteiger partial charge on any atom is -0.279 e.